The van der Waals surface area contributed by atoms with Gasteiger partial charge in [-0.25, -0.2) is 0 Å². The average Bonchev–Trinajstić information content (AvgIpc) is 2.66. The molecule has 0 saturated heterocycles. The summed E-state index contributed by atoms with van der Waals surface area (Å²) in [5, 5.41) is 0. The van der Waals surface area contributed by atoms with Crippen molar-refractivity contribution >= 4 is 0 Å². The summed E-state index contributed by atoms with van der Waals surface area (Å²) in [5.41, 5.74) is 2.38. The number of methoxy groups -OCH3 is 2. The summed E-state index contributed by atoms with van der Waals surface area (Å²) in [6.45, 7) is 0. The summed E-state index contributed by atoms with van der Waals surface area (Å²) < 4.78 is 49.4. The Balaban J connectivity index is 2.17. The zero-order chi connectivity index (χ0) is 18.7. The Bertz CT molecular complexity index is 878. The van der Waals surface area contributed by atoms with Gasteiger partial charge in [-0.1, -0.05) is 42.5 Å². The van der Waals surface area contributed by atoms with Crippen LogP contribution in [0.2, 0.25) is 0 Å². The summed E-state index contributed by atoms with van der Waals surface area (Å²) in [6, 6.07) is 18.1. The first-order chi connectivity index (χ1) is 12.5. The number of hydrogen-bond donors (Lipinski definition) is 0. The van der Waals surface area contributed by atoms with Crippen LogP contribution in [0.1, 0.15) is 5.56 Å². The number of alkyl halides is 3. The number of rotatable bonds is 4. The van der Waals surface area contributed by atoms with E-state index in [1.165, 1.54) is 12.1 Å². The molecule has 3 aromatic rings. The molecule has 0 amide bonds. The van der Waals surface area contributed by atoms with Crippen LogP contribution in [0.4, 0.5) is 13.2 Å². The quantitative estimate of drug-likeness (QED) is 0.565. The van der Waals surface area contributed by atoms with Crippen molar-refractivity contribution in [3.8, 4) is 33.8 Å². The second-order valence-electron chi connectivity index (χ2n) is 5.66. The van der Waals surface area contributed by atoms with Crippen molar-refractivity contribution in [3.05, 3.63) is 72.3 Å². The fourth-order valence-electron chi connectivity index (χ4n) is 2.91. The third kappa shape index (κ3) is 3.38. The van der Waals surface area contributed by atoms with Crippen LogP contribution in [0.3, 0.4) is 0 Å². The number of halogens is 3. The standard InChI is InChI=1S/C21H17F3O2/c1-25-18-8-5-9-19(26-2)20(18)17-7-4-3-6-16(17)14-10-12-15(13-11-14)21(22,23)24/h3-13H,1-2H3. The molecule has 0 N–H and O–H groups in total. The molecule has 3 rings (SSSR count). The van der Waals surface area contributed by atoms with E-state index in [2.05, 4.69) is 0 Å². The van der Waals surface area contributed by atoms with Crippen LogP contribution >= 0.6 is 0 Å². The lowest BCUT2D eigenvalue weighted by Crippen LogP contribution is -2.04. The van der Waals surface area contributed by atoms with Crippen molar-refractivity contribution in [2.75, 3.05) is 14.2 Å². The van der Waals surface area contributed by atoms with Crippen LogP contribution in [0, 0.1) is 0 Å². The minimum Gasteiger partial charge on any atom is -0.496 e. The van der Waals surface area contributed by atoms with Crippen molar-refractivity contribution in [1.82, 2.24) is 0 Å². The topological polar surface area (TPSA) is 18.5 Å². The minimum absolute atomic E-state index is 0.628. The molecule has 0 radical (unpaired) electrons. The van der Waals surface area contributed by atoms with E-state index in [9.17, 15) is 13.2 Å². The number of benzene rings is 3. The summed E-state index contributed by atoms with van der Waals surface area (Å²) >= 11 is 0. The minimum atomic E-state index is -4.36. The molecule has 0 fully saturated rings. The maximum atomic E-state index is 12.8. The second kappa shape index (κ2) is 7.12. The van der Waals surface area contributed by atoms with E-state index in [0.717, 1.165) is 28.8 Å². The molecule has 0 spiro atoms. The van der Waals surface area contributed by atoms with Crippen molar-refractivity contribution in [3.63, 3.8) is 0 Å². The maximum absolute atomic E-state index is 12.8. The highest BCUT2D eigenvalue weighted by Gasteiger charge is 2.30. The van der Waals surface area contributed by atoms with E-state index in [1.54, 1.807) is 14.2 Å². The summed E-state index contributed by atoms with van der Waals surface area (Å²) in [6.07, 6.45) is -4.36. The fourth-order valence-corrected chi connectivity index (χ4v) is 2.91. The average molecular weight is 358 g/mol. The van der Waals surface area contributed by atoms with Crippen LogP contribution in [-0.2, 0) is 6.18 Å². The van der Waals surface area contributed by atoms with E-state index in [0.29, 0.717) is 17.1 Å². The number of ether oxygens (including phenoxy) is 2. The molecular formula is C21H17F3O2. The molecule has 0 heterocycles. The predicted molar refractivity (Wildman–Crippen MR) is 95.4 cm³/mol. The molecule has 134 valence electrons. The molecule has 0 unspecified atom stereocenters. The first-order valence-corrected chi connectivity index (χ1v) is 7.93. The van der Waals surface area contributed by atoms with Crippen molar-refractivity contribution in [2.24, 2.45) is 0 Å². The smallest absolute Gasteiger partial charge is 0.416 e. The van der Waals surface area contributed by atoms with Gasteiger partial charge in [-0.2, -0.15) is 13.2 Å². The van der Waals surface area contributed by atoms with Gasteiger partial charge >= 0.3 is 6.18 Å². The summed E-state index contributed by atoms with van der Waals surface area (Å²) in [7, 11) is 3.14. The second-order valence-corrected chi connectivity index (χ2v) is 5.66. The lowest BCUT2D eigenvalue weighted by atomic mass is 9.93. The lowest BCUT2D eigenvalue weighted by molar-refractivity contribution is -0.137. The van der Waals surface area contributed by atoms with Gasteiger partial charge in [0.1, 0.15) is 11.5 Å². The van der Waals surface area contributed by atoms with Gasteiger partial charge in [0, 0.05) is 0 Å². The van der Waals surface area contributed by atoms with Gasteiger partial charge in [0.2, 0.25) is 0 Å². The van der Waals surface area contributed by atoms with Gasteiger partial charge in [0.15, 0.2) is 0 Å². The van der Waals surface area contributed by atoms with E-state index in [4.69, 9.17) is 9.47 Å². The van der Waals surface area contributed by atoms with E-state index in [-0.39, 0.29) is 0 Å². The molecule has 0 aliphatic heterocycles. The molecule has 5 heteroatoms. The summed E-state index contributed by atoms with van der Waals surface area (Å²) in [5.74, 6) is 1.26. The van der Waals surface area contributed by atoms with Gasteiger partial charge in [-0.15, -0.1) is 0 Å². The van der Waals surface area contributed by atoms with Gasteiger partial charge in [0.25, 0.3) is 0 Å². The van der Waals surface area contributed by atoms with E-state index < -0.39 is 11.7 Å². The monoisotopic (exact) mass is 358 g/mol. The highest BCUT2D eigenvalue weighted by atomic mass is 19.4. The van der Waals surface area contributed by atoms with Crippen LogP contribution in [0.25, 0.3) is 22.3 Å². The van der Waals surface area contributed by atoms with Gasteiger partial charge in [-0.05, 0) is 41.0 Å². The SMILES string of the molecule is COc1cccc(OC)c1-c1ccccc1-c1ccc(C(F)(F)F)cc1. The zero-order valence-electron chi connectivity index (χ0n) is 14.3. The van der Waals surface area contributed by atoms with Crippen LogP contribution in [0.15, 0.2) is 66.7 Å². The molecule has 2 nitrogen and oxygen atoms in total. The molecule has 0 bridgehead atoms. The third-order valence-corrected chi connectivity index (χ3v) is 4.15. The zero-order valence-corrected chi connectivity index (χ0v) is 14.3. The Morgan fingerprint density at radius 2 is 1.19 bits per heavy atom. The first-order valence-electron chi connectivity index (χ1n) is 7.93. The normalized spacial score (nSPS) is 11.3. The molecule has 0 aliphatic carbocycles. The van der Waals surface area contributed by atoms with Crippen molar-refractivity contribution < 1.29 is 22.6 Å². The van der Waals surface area contributed by atoms with Crippen molar-refractivity contribution in [2.45, 2.75) is 6.18 Å². The van der Waals surface area contributed by atoms with E-state index >= 15 is 0 Å². The Kier molecular flexibility index (Phi) is 4.89. The Morgan fingerprint density at radius 3 is 1.69 bits per heavy atom. The van der Waals surface area contributed by atoms with Gasteiger partial charge < -0.3 is 9.47 Å². The van der Waals surface area contributed by atoms with Crippen LogP contribution in [-0.4, -0.2) is 14.2 Å². The maximum Gasteiger partial charge on any atom is 0.416 e. The predicted octanol–water partition coefficient (Wildman–Crippen LogP) is 6.06. The Morgan fingerprint density at radius 1 is 0.654 bits per heavy atom. The molecule has 0 aliphatic rings. The molecule has 0 saturated carbocycles. The van der Waals surface area contributed by atoms with Gasteiger partial charge in [0.05, 0.1) is 25.3 Å². The van der Waals surface area contributed by atoms with Gasteiger partial charge in [-0.3, -0.25) is 0 Å². The Hall–Kier alpha value is -2.95. The lowest BCUT2D eigenvalue weighted by Gasteiger charge is -2.17. The number of hydrogen-bond acceptors (Lipinski definition) is 2. The van der Waals surface area contributed by atoms with E-state index in [1.807, 2.05) is 42.5 Å². The first kappa shape index (κ1) is 17.9. The highest BCUT2D eigenvalue weighted by Crippen LogP contribution is 2.43. The van der Waals surface area contributed by atoms with Crippen LogP contribution in [0.5, 0.6) is 11.5 Å². The fraction of sp³-hybridized carbons (Fsp3) is 0.143. The molecule has 26 heavy (non-hydrogen) atoms. The highest BCUT2D eigenvalue weighted by molar-refractivity contribution is 5.89. The third-order valence-electron chi connectivity index (χ3n) is 4.15. The molecule has 0 aromatic heterocycles. The molecular weight excluding hydrogens is 341 g/mol. The van der Waals surface area contributed by atoms with Crippen molar-refractivity contribution in [1.29, 1.82) is 0 Å². The van der Waals surface area contributed by atoms with Crippen LogP contribution < -0.4 is 9.47 Å². The molecule has 0 atom stereocenters. The largest absolute Gasteiger partial charge is 0.496 e. The molecule has 3 aromatic carbocycles. The summed E-state index contributed by atoms with van der Waals surface area (Å²) in [4.78, 5) is 0. The Labute approximate surface area is 149 Å².